The topological polar surface area (TPSA) is 95.9 Å². The van der Waals surface area contributed by atoms with Crippen molar-refractivity contribution < 1.29 is 24.2 Å². The van der Waals surface area contributed by atoms with Crippen molar-refractivity contribution in [2.75, 3.05) is 19.7 Å². The molecule has 2 aromatic carbocycles. The molecule has 4 rings (SSSR count). The van der Waals surface area contributed by atoms with E-state index in [0.717, 1.165) is 28.7 Å². The van der Waals surface area contributed by atoms with Crippen molar-refractivity contribution in [2.45, 2.75) is 31.2 Å². The van der Waals surface area contributed by atoms with Gasteiger partial charge in [-0.3, -0.25) is 9.59 Å². The number of aliphatic carboxylic acids is 1. The quantitative estimate of drug-likeness (QED) is 0.766. The summed E-state index contributed by atoms with van der Waals surface area (Å²) in [4.78, 5) is 37.1. The van der Waals surface area contributed by atoms with Crippen LogP contribution >= 0.6 is 0 Å². The number of nitrogens with one attached hydrogen (secondary N) is 1. The third-order valence-electron chi connectivity index (χ3n) is 5.84. The minimum atomic E-state index is -0.927. The fourth-order valence-corrected chi connectivity index (χ4v) is 4.48. The van der Waals surface area contributed by atoms with Crippen LogP contribution in [0.2, 0.25) is 0 Å². The van der Waals surface area contributed by atoms with Gasteiger partial charge in [0.2, 0.25) is 5.91 Å². The second kappa shape index (κ2) is 8.57. The summed E-state index contributed by atoms with van der Waals surface area (Å²) in [6, 6.07) is 15.8. The number of benzene rings is 2. The summed E-state index contributed by atoms with van der Waals surface area (Å²) in [5.74, 6) is -1.26. The maximum absolute atomic E-state index is 12.4. The van der Waals surface area contributed by atoms with Crippen molar-refractivity contribution in [3.63, 3.8) is 0 Å². The van der Waals surface area contributed by atoms with Crippen molar-refractivity contribution in [3.8, 4) is 11.1 Å². The lowest BCUT2D eigenvalue weighted by molar-refractivity contribution is -0.139. The lowest BCUT2D eigenvalue weighted by Crippen LogP contribution is -2.43. The number of ether oxygens (including phenoxy) is 1. The van der Waals surface area contributed by atoms with Crippen molar-refractivity contribution in [2.24, 2.45) is 0 Å². The van der Waals surface area contributed by atoms with Gasteiger partial charge in [0, 0.05) is 18.5 Å². The highest BCUT2D eigenvalue weighted by Gasteiger charge is 2.31. The average molecular weight is 408 g/mol. The van der Waals surface area contributed by atoms with Gasteiger partial charge in [-0.15, -0.1) is 0 Å². The number of carboxylic acids is 1. The van der Waals surface area contributed by atoms with E-state index in [-0.39, 0.29) is 37.4 Å². The van der Waals surface area contributed by atoms with Gasteiger partial charge in [0.05, 0.1) is 6.42 Å². The van der Waals surface area contributed by atoms with Crippen LogP contribution in [0.4, 0.5) is 4.79 Å². The van der Waals surface area contributed by atoms with Crippen molar-refractivity contribution in [3.05, 3.63) is 59.7 Å². The fraction of sp³-hybridized carbons (Fsp3) is 0.348. The summed E-state index contributed by atoms with van der Waals surface area (Å²) in [6.07, 6.45) is 0.716. The summed E-state index contributed by atoms with van der Waals surface area (Å²) >= 11 is 0. The van der Waals surface area contributed by atoms with Crippen LogP contribution in [0.3, 0.4) is 0 Å². The van der Waals surface area contributed by atoms with Crippen LogP contribution in [0.15, 0.2) is 48.5 Å². The number of likely N-dealkylation sites (tertiary alicyclic amines) is 1. The second-order valence-electron chi connectivity index (χ2n) is 7.66. The van der Waals surface area contributed by atoms with Crippen molar-refractivity contribution in [1.29, 1.82) is 0 Å². The van der Waals surface area contributed by atoms with Gasteiger partial charge in [-0.25, -0.2) is 4.79 Å². The van der Waals surface area contributed by atoms with Crippen LogP contribution in [-0.2, 0) is 14.3 Å². The predicted molar refractivity (Wildman–Crippen MR) is 110 cm³/mol. The van der Waals surface area contributed by atoms with Gasteiger partial charge in [0.1, 0.15) is 13.2 Å². The Morgan fingerprint density at radius 2 is 1.67 bits per heavy atom. The molecule has 2 amide bonds. The SMILES string of the molecule is O=C(O)CC1CCCN1C(=O)CNC(=O)OCC1c2ccccc2-c2ccccc21. The Hall–Kier alpha value is -3.35. The van der Waals surface area contributed by atoms with Crippen molar-refractivity contribution >= 4 is 18.0 Å². The van der Waals surface area contributed by atoms with E-state index < -0.39 is 12.1 Å². The molecule has 1 unspecified atom stereocenters. The molecule has 1 aliphatic carbocycles. The number of nitrogens with zero attached hydrogens (tertiary/aromatic N) is 1. The molecule has 156 valence electrons. The molecule has 2 N–H and O–H groups in total. The number of hydrogen-bond donors (Lipinski definition) is 2. The highest BCUT2D eigenvalue weighted by molar-refractivity contribution is 5.83. The molecule has 7 nitrogen and oxygen atoms in total. The monoisotopic (exact) mass is 408 g/mol. The molecular weight excluding hydrogens is 384 g/mol. The number of fused-ring (bicyclic) bond motifs is 3. The lowest BCUT2D eigenvalue weighted by Gasteiger charge is -2.23. The van der Waals surface area contributed by atoms with Gasteiger partial charge in [-0.1, -0.05) is 48.5 Å². The Morgan fingerprint density at radius 1 is 1.03 bits per heavy atom. The molecule has 30 heavy (non-hydrogen) atoms. The van der Waals surface area contributed by atoms with Crippen LogP contribution in [0.5, 0.6) is 0 Å². The average Bonchev–Trinajstić information content (AvgIpc) is 3.32. The molecule has 0 bridgehead atoms. The van der Waals surface area contributed by atoms with Crippen LogP contribution < -0.4 is 5.32 Å². The highest BCUT2D eigenvalue weighted by atomic mass is 16.5. The Labute approximate surface area is 174 Å². The molecule has 2 aromatic rings. The van der Waals surface area contributed by atoms with E-state index in [2.05, 4.69) is 17.4 Å². The minimum Gasteiger partial charge on any atom is -0.481 e. The van der Waals surface area contributed by atoms with Gasteiger partial charge in [0.25, 0.3) is 0 Å². The van der Waals surface area contributed by atoms with Crippen LogP contribution in [-0.4, -0.2) is 53.7 Å². The number of hydrogen-bond acceptors (Lipinski definition) is 4. The van der Waals surface area contributed by atoms with E-state index in [0.29, 0.717) is 13.0 Å². The first kappa shape index (κ1) is 19.9. The Balaban J connectivity index is 1.32. The summed E-state index contributed by atoms with van der Waals surface area (Å²) in [6.45, 7) is 0.495. The zero-order valence-corrected chi connectivity index (χ0v) is 16.5. The molecule has 7 heteroatoms. The Morgan fingerprint density at radius 3 is 2.30 bits per heavy atom. The highest BCUT2D eigenvalue weighted by Crippen LogP contribution is 2.44. The molecule has 0 radical (unpaired) electrons. The molecule has 0 saturated carbocycles. The zero-order chi connectivity index (χ0) is 21.1. The smallest absolute Gasteiger partial charge is 0.407 e. The molecular formula is C23H24N2O5. The lowest BCUT2D eigenvalue weighted by atomic mass is 9.98. The number of carbonyl (C=O) groups is 3. The first-order valence-electron chi connectivity index (χ1n) is 10.1. The number of carbonyl (C=O) groups excluding carboxylic acids is 2. The molecule has 1 atom stereocenters. The zero-order valence-electron chi connectivity index (χ0n) is 16.5. The number of carboxylic acid groups (broad SMARTS) is 1. The second-order valence-corrected chi connectivity index (χ2v) is 7.66. The van der Waals surface area contributed by atoms with Gasteiger partial charge >= 0.3 is 12.1 Å². The van der Waals surface area contributed by atoms with Gasteiger partial charge < -0.3 is 20.1 Å². The standard InChI is InChI=1S/C23H24N2O5/c26-21(25-11-5-6-15(25)12-22(27)28)13-24-23(29)30-14-20-18-9-3-1-7-16(18)17-8-2-4-10-19(17)20/h1-4,7-10,15,20H,5-6,11-14H2,(H,24,29)(H,27,28). The van der Waals surface area contributed by atoms with E-state index >= 15 is 0 Å². The number of alkyl carbamates (subject to hydrolysis) is 1. The number of amides is 2. The molecule has 0 aromatic heterocycles. The maximum Gasteiger partial charge on any atom is 0.407 e. The molecule has 1 heterocycles. The van der Waals surface area contributed by atoms with Crippen LogP contribution in [0, 0.1) is 0 Å². The van der Waals surface area contributed by atoms with Gasteiger partial charge in [-0.2, -0.15) is 0 Å². The van der Waals surface area contributed by atoms with Crippen LogP contribution in [0.1, 0.15) is 36.3 Å². The Bertz CT molecular complexity index is 928. The fourth-order valence-electron chi connectivity index (χ4n) is 4.48. The van der Waals surface area contributed by atoms with Crippen LogP contribution in [0.25, 0.3) is 11.1 Å². The van der Waals surface area contributed by atoms with Gasteiger partial charge in [-0.05, 0) is 35.1 Å². The number of rotatable bonds is 6. The molecule has 1 saturated heterocycles. The largest absolute Gasteiger partial charge is 0.481 e. The van der Waals surface area contributed by atoms with Crippen molar-refractivity contribution in [1.82, 2.24) is 10.2 Å². The maximum atomic E-state index is 12.4. The van der Waals surface area contributed by atoms with E-state index in [1.54, 1.807) is 0 Å². The molecule has 1 aliphatic heterocycles. The van der Waals surface area contributed by atoms with Gasteiger partial charge in [0.15, 0.2) is 0 Å². The Kier molecular flexibility index (Phi) is 5.70. The van der Waals surface area contributed by atoms with E-state index in [1.807, 2.05) is 36.4 Å². The third-order valence-corrected chi connectivity index (χ3v) is 5.84. The summed E-state index contributed by atoms with van der Waals surface area (Å²) in [5.41, 5.74) is 4.54. The summed E-state index contributed by atoms with van der Waals surface area (Å²) < 4.78 is 5.43. The van der Waals surface area contributed by atoms with E-state index in [1.165, 1.54) is 4.90 Å². The molecule has 1 fully saturated rings. The third kappa shape index (κ3) is 4.01. The first-order valence-corrected chi connectivity index (χ1v) is 10.1. The summed E-state index contributed by atoms with van der Waals surface area (Å²) in [7, 11) is 0. The van der Waals surface area contributed by atoms with E-state index in [4.69, 9.17) is 9.84 Å². The first-order chi connectivity index (χ1) is 14.5. The predicted octanol–water partition coefficient (Wildman–Crippen LogP) is 2.99. The molecule has 0 spiro atoms. The van der Waals surface area contributed by atoms with E-state index in [9.17, 15) is 14.4 Å². The minimum absolute atomic E-state index is 0.0441. The normalized spacial score (nSPS) is 17.3. The summed E-state index contributed by atoms with van der Waals surface area (Å²) in [5, 5.41) is 11.5. The molecule has 2 aliphatic rings.